The second kappa shape index (κ2) is 7.41. The Labute approximate surface area is 141 Å². The largest absolute Gasteiger partial charge is 0.393 e. The van der Waals surface area contributed by atoms with Gasteiger partial charge >= 0.3 is 0 Å². The van der Waals surface area contributed by atoms with Gasteiger partial charge in [0, 0.05) is 23.6 Å². The van der Waals surface area contributed by atoms with Gasteiger partial charge in [0.05, 0.1) is 11.7 Å². The average Bonchev–Trinajstić information content (AvgIpc) is 3.05. The first-order valence-corrected chi connectivity index (χ1v) is 8.32. The van der Waals surface area contributed by atoms with Crippen LogP contribution in [0.1, 0.15) is 45.5 Å². The molecule has 2 unspecified atom stereocenters. The van der Waals surface area contributed by atoms with E-state index >= 15 is 0 Å². The second-order valence-corrected chi connectivity index (χ2v) is 6.21. The zero-order valence-corrected chi connectivity index (χ0v) is 13.4. The van der Waals surface area contributed by atoms with E-state index in [0.29, 0.717) is 23.2 Å². The summed E-state index contributed by atoms with van der Waals surface area (Å²) in [4.78, 5) is 25.2. The lowest BCUT2D eigenvalue weighted by atomic mass is 9.97. The number of carbonyl (C=O) groups excluding carboxylic acids is 2. The van der Waals surface area contributed by atoms with Crippen molar-refractivity contribution in [3.05, 3.63) is 71.3 Å². The Hall–Kier alpha value is -2.46. The van der Waals surface area contributed by atoms with Crippen molar-refractivity contribution in [3.63, 3.8) is 0 Å². The third-order valence-corrected chi connectivity index (χ3v) is 4.60. The Morgan fingerprint density at radius 1 is 0.958 bits per heavy atom. The molecule has 1 aliphatic carbocycles. The summed E-state index contributed by atoms with van der Waals surface area (Å²) in [6, 6.07) is 15.8. The number of nitrogens with one attached hydrogen (secondary N) is 1. The molecule has 1 aliphatic rings. The Morgan fingerprint density at radius 3 is 2.29 bits per heavy atom. The minimum Gasteiger partial charge on any atom is -0.393 e. The van der Waals surface area contributed by atoms with Crippen molar-refractivity contribution in [1.29, 1.82) is 0 Å². The molecular formula is C20H21NO3. The second-order valence-electron chi connectivity index (χ2n) is 6.21. The zero-order chi connectivity index (χ0) is 16.9. The molecule has 3 rings (SSSR count). The Morgan fingerprint density at radius 2 is 1.62 bits per heavy atom. The average molecular weight is 323 g/mol. The molecule has 1 fully saturated rings. The lowest BCUT2D eigenvalue weighted by Crippen LogP contribution is -2.33. The summed E-state index contributed by atoms with van der Waals surface area (Å²) in [5.41, 5.74) is 1.33. The van der Waals surface area contributed by atoms with Crippen molar-refractivity contribution < 1.29 is 14.7 Å². The van der Waals surface area contributed by atoms with Crippen LogP contribution in [0.5, 0.6) is 0 Å². The van der Waals surface area contributed by atoms with E-state index < -0.39 is 0 Å². The van der Waals surface area contributed by atoms with Gasteiger partial charge in [-0.15, -0.1) is 0 Å². The van der Waals surface area contributed by atoms with Gasteiger partial charge in [-0.05, 0) is 18.9 Å². The molecule has 4 heteroatoms. The van der Waals surface area contributed by atoms with Gasteiger partial charge < -0.3 is 10.4 Å². The van der Waals surface area contributed by atoms with Gasteiger partial charge in [0.1, 0.15) is 0 Å². The van der Waals surface area contributed by atoms with E-state index in [1.54, 1.807) is 48.5 Å². The highest BCUT2D eigenvalue weighted by molar-refractivity contribution is 6.15. The third-order valence-electron chi connectivity index (χ3n) is 4.60. The zero-order valence-electron chi connectivity index (χ0n) is 13.4. The van der Waals surface area contributed by atoms with E-state index in [1.807, 2.05) is 6.07 Å². The van der Waals surface area contributed by atoms with Crippen LogP contribution in [0.25, 0.3) is 0 Å². The molecule has 0 heterocycles. The number of ketones is 1. The first kappa shape index (κ1) is 16.4. The Balaban J connectivity index is 1.76. The monoisotopic (exact) mass is 323 g/mol. The molecular weight excluding hydrogens is 302 g/mol. The first-order valence-electron chi connectivity index (χ1n) is 8.32. The maximum absolute atomic E-state index is 12.7. The van der Waals surface area contributed by atoms with E-state index in [2.05, 4.69) is 5.32 Å². The molecule has 2 N–H and O–H groups in total. The topological polar surface area (TPSA) is 66.4 Å². The molecule has 0 aliphatic heterocycles. The van der Waals surface area contributed by atoms with Crippen LogP contribution in [0.3, 0.4) is 0 Å². The van der Waals surface area contributed by atoms with Crippen LogP contribution in [0.2, 0.25) is 0 Å². The number of hydrogen-bond acceptors (Lipinski definition) is 3. The van der Waals surface area contributed by atoms with Gasteiger partial charge in [0.2, 0.25) is 0 Å². The fourth-order valence-electron chi connectivity index (χ4n) is 3.20. The van der Waals surface area contributed by atoms with Crippen LogP contribution >= 0.6 is 0 Å². The van der Waals surface area contributed by atoms with Gasteiger partial charge in [-0.1, -0.05) is 55.0 Å². The summed E-state index contributed by atoms with van der Waals surface area (Å²) in [6.45, 7) is 0.438. The molecule has 0 aromatic heterocycles. The molecule has 0 spiro atoms. The normalized spacial score (nSPS) is 19.9. The molecule has 0 saturated heterocycles. The van der Waals surface area contributed by atoms with Gasteiger partial charge in [-0.3, -0.25) is 9.59 Å². The predicted molar refractivity (Wildman–Crippen MR) is 92.0 cm³/mol. The Bertz CT molecular complexity index is 727. The molecule has 2 atom stereocenters. The van der Waals surface area contributed by atoms with E-state index in [9.17, 15) is 14.7 Å². The summed E-state index contributed by atoms with van der Waals surface area (Å²) >= 11 is 0. The number of carbonyl (C=O) groups is 2. The van der Waals surface area contributed by atoms with Gasteiger partial charge in [-0.2, -0.15) is 0 Å². The standard InChI is InChI=1S/C20H21NO3/c22-18-12-6-9-15(18)13-21-20(24)17-11-5-4-10-16(17)19(23)14-7-2-1-3-8-14/h1-5,7-8,10-11,15,18,22H,6,9,12-13H2,(H,21,24). The summed E-state index contributed by atoms with van der Waals surface area (Å²) in [7, 11) is 0. The van der Waals surface area contributed by atoms with Crippen molar-refractivity contribution in [1.82, 2.24) is 5.32 Å². The number of amides is 1. The third kappa shape index (κ3) is 3.54. The minimum absolute atomic E-state index is 0.103. The summed E-state index contributed by atoms with van der Waals surface area (Å²) in [5, 5.41) is 12.7. The van der Waals surface area contributed by atoms with Crippen LogP contribution in [-0.4, -0.2) is 29.4 Å². The fourth-order valence-corrected chi connectivity index (χ4v) is 3.20. The van der Waals surface area contributed by atoms with Crippen molar-refractivity contribution >= 4 is 11.7 Å². The minimum atomic E-state index is -0.341. The molecule has 0 radical (unpaired) electrons. The lowest BCUT2D eigenvalue weighted by molar-refractivity contribution is 0.0908. The molecule has 24 heavy (non-hydrogen) atoms. The Kier molecular flexibility index (Phi) is 5.06. The van der Waals surface area contributed by atoms with E-state index in [0.717, 1.165) is 19.3 Å². The number of benzene rings is 2. The molecule has 4 nitrogen and oxygen atoms in total. The highest BCUT2D eigenvalue weighted by Gasteiger charge is 2.26. The highest BCUT2D eigenvalue weighted by Crippen LogP contribution is 2.24. The number of rotatable bonds is 5. The summed E-state index contributed by atoms with van der Waals surface area (Å²) in [6.07, 6.45) is 2.37. The number of hydrogen-bond donors (Lipinski definition) is 2. The van der Waals surface area contributed by atoms with Gasteiger partial charge in [-0.25, -0.2) is 0 Å². The molecule has 1 amide bonds. The maximum atomic E-state index is 12.7. The SMILES string of the molecule is O=C(NCC1CCCC1O)c1ccccc1C(=O)c1ccccc1. The molecule has 2 aromatic carbocycles. The lowest BCUT2D eigenvalue weighted by Gasteiger charge is -2.16. The summed E-state index contributed by atoms with van der Waals surface area (Å²) in [5.74, 6) is -0.331. The van der Waals surface area contributed by atoms with E-state index in [1.165, 1.54) is 0 Å². The van der Waals surface area contributed by atoms with Crippen LogP contribution in [0.4, 0.5) is 0 Å². The van der Waals surface area contributed by atoms with E-state index in [-0.39, 0.29) is 23.7 Å². The highest BCUT2D eigenvalue weighted by atomic mass is 16.3. The van der Waals surface area contributed by atoms with Crippen molar-refractivity contribution in [2.45, 2.75) is 25.4 Å². The van der Waals surface area contributed by atoms with Crippen molar-refractivity contribution in [2.75, 3.05) is 6.54 Å². The van der Waals surface area contributed by atoms with Crippen LogP contribution < -0.4 is 5.32 Å². The molecule has 124 valence electrons. The van der Waals surface area contributed by atoms with E-state index in [4.69, 9.17) is 0 Å². The number of aliphatic hydroxyl groups excluding tert-OH is 1. The maximum Gasteiger partial charge on any atom is 0.252 e. The van der Waals surface area contributed by atoms with Crippen molar-refractivity contribution in [3.8, 4) is 0 Å². The number of aliphatic hydroxyl groups is 1. The fraction of sp³-hybridized carbons (Fsp3) is 0.300. The predicted octanol–water partition coefficient (Wildman–Crippen LogP) is 2.81. The molecule has 2 aromatic rings. The van der Waals surface area contributed by atoms with Crippen LogP contribution in [0, 0.1) is 5.92 Å². The van der Waals surface area contributed by atoms with Gasteiger partial charge in [0.15, 0.2) is 5.78 Å². The smallest absolute Gasteiger partial charge is 0.252 e. The summed E-state index contributed by atoms with van der Waals surface area (Å²) < 4.78 is 0. The first-order chi connectivity index (χ1) is 11.7. The van der Waals surface area contributed by atoms with Crippen molar-refractivity contribution in [2.24, 2.45) is 5.92 Å². The molecule has 1 saturated carbocycles. The molecule has 0 bridgehead atoms. The van der Waals surface area contributed by atoms with Gasteiger partial charge in [0.25, 0.3) is 5.91 Å². The van der Waals surface area contributed by atoms with Crippen LogP contribution in [0.15, 0.2) is 54.6 Å². The quantitative estimate of drug-likeness (QED) is 0.832. The van der Waals surface area contributed by atoms with Crippen LogP contribution in [-0.2, 0) is 0 Å².